The van der Waals surface area contributed by atoms with Crippen LogP contribution in [-0.4, -0.2) is 23.4 Å². The third-order valence-corrected chi connectivity index (χ3v) is 0.989. The minimum Gasteiger partial charge on any atom is -0.477 e. The van der Waals surface area contributed by atoms with Crippen molar-refractivity contribution in [2.45, 2.75) is 0 Å². The van der Waals surface area contributed by atoms with E-state index in [-0.39, 0.29) is 18.0 Å². The fraction of sp³-hybridized carbons (Fsp3) is 0.200. The number of ketones is 1. The van der Waals surface area contributed by atoms with Gasteiger partial charge in [-0.25, -0.2) is 4.79 Å². The van der Waals surface area contributed by atoms with Crippen molar-refractivity contribution in [2.75, 3.05) is 6.54 Å². The molecule has 0 saturated carbocycles. The van der Waals surface area contributed by atoms with Crippen LogP contribution in [0.3, 0.4) is 0 Å². The van der Waals surface area contributed by atoms with Crippen molar-refractivity contribution < 1.29 is 14.7 Å². The molecular formula is C5H5NO3. The van der Waals surface area contributed by atoms with Crippen molar-refractivity contribution in [3.8, 4) is 0 Å². The summed E-state index contributed by atoms with van der Waals surface area (Å²) in [6, 6.07) is 0. The molecule has 0 bridgehead atoms. The summed E-state index contributed by atoms with van der Waals surface area (Å²) in [5, 5.41) is 10.7. The van der Waals surface area contributed by atoms with Gasteiger partial charge in [-0.15, -0.1) is 0 Å². The van der Waals surface area contributed by atoms with Crippen LogP contribution in [0.2, 0.25) is 0 Å². The summed E-state index contributed by atoms with van der Waals surface area (Å²) in [7, 11) is 0. The van der Waals surface area contributed by atoms with Gasteiger partial charge < -0.3 is 10.4 Å². The lowest BCUT2D eigenvalue weighted by atomic mass is 10.4. The first kappa shape index (κ1) is 5.81. The van der Waals surface area contributed by atoms with Crippen LogP contribution in [0.4, 0.5) is 0 Å². The van der Waals surface area contributed by atoms with Gasteiger partial charge in [0.25, 0.3) is 0 Å². The van der Waals surface area contributed by atoms with E-state index in [1.807, 2.05) is 0 Å². The van der Waals surface area contributed by atoms with Gasteiger partial charge in [0.15, 0.2) is 5.78 Å². The van der Waals surface area contributed by atoms with Gasteiger partial charge in [0.1, 0.15) is 5.70 Å². The molecule has 9 heavy (non-hydrogen) atoms. The van der Waals surface area contributed by atoms with Crippen LogP contribution in [0.25, 0.3) is 0 Å². The molecule has 1 rings (SSSR count). The van der Waals surface area contributed by atoms with Crippen LogP contribution in [0, 0.1) is 0 Å². The molecule has 0 spiro atoms. The zero-order chi connectivity index (χ0) is 6.85. The molecule has 0 aromatic carbocycles. The summed E-state index contributed by atoms with van der Waals surface area (Å²) in [6.07, 6.45) is 1.09. The maximum atomic E-state index is 10.4. The smallest absolute Gasteiger partial charge is 0.352 e. The Labute approximate surface area is 51.2 Å². The van der Waals surface area contributed by atoms with Gasteiger partial charge in [-0.05, 0) is 0 Å². The number of nitrogens with one attached hydrogen (secondary N) is 1. The number of carbonyl (C=O) groups excluding carboxylic acids is 1. The summed E-state index contributed by atoms with van der Waals surface area (Å²) in [6.45, 7) is 0.113. The van der Waals surface area contributed by atoms with E-state index < -0.39 is 5.97 Å². The van der Waals surface area contributed by atoms with Crippen LogP contribution in [0.1, 0.15) is 0 Å². The largest absolute Gasteiger partial charge is 0.477 e. The molecule has 0 radical (unpaired) electrons. The monoisotopic (exact) mass is 127 g/mol. The van der Waals surface area contributed by atoms with E-state index in [2.05, 4.69) is 5.32 Å². The number of hydrogen-bond acceptors (Lipinski definition) is 3. The first-order valence-corrected chi connectivity index (χ1v) is 2.42. The molecule has 48 valence electrons. The van der Waals surface area contributed by atoms with Gasteiger partial charge in [-0.1, -0.05) is 0 Å². The Bertz CT molecular complexity index is 194. The highest BCUT2D eigenvalue weighted by Gasteiger charge is 2.15. The maximum Gasteiger partial charge on any atom is 0.352 e. The average molecular weight is 127 g/mol. The average Bonchev–Trinajstić information content (AvgIpc) is 2.14. The van der Waals surface area contributed by atoms with Crippen molar-refractivity contribution >= 4 is 11.8 Å². The maximum absolute atomic E-state index is 10.4. The summed E-state index contributed by atoms with van der Waals surface area (Å²) in [5.41, 5.74) is -0.0139. The zero-order valence-corrected chi connectivity index (χ0v) is 4.55. The summed E-state index contributed by atoms with van der Waals surface area (Å²) in [5.74, 6) is -1.27. The standard InChI is InChI=1S/C5H5NO3/c7-3-1-4(5(8)9)6-2-3/h1,6H,2H2,(H,8,9). The second-order valence-electron chi connectivity index (χ2n) is 1.68. The molecular weight excluding hydrogens is 122 g/mol. The van der Waals surface area contributed by atoms with Crippen molar-refractivity contribution in [1.29, 1.82) is 0 Å². The van der Waals surface area contributed by atoms with E-state index in [9.17, 15) is 9.59 Å². The molecule has 0 aliphatic carbocycles. The Morgan fingerprint density at radius 3 is 2.67 bits per heavy atom. The van der Waals surface area contributed by atoms with Gasteiger partial charge in [-0.2, -0.15) is 0 Å². The van der Waals surface area contributed by atoms with E-state index >= 15 is 0 Å². The molecule has 0 aromatic rings. The van der Waals surface area contributed by atoms with Crippen molar-refractivity contribution in [2.24, 2.45) is 0 Å². The predicted octanol–water partition coefficient (Wildman–Crippen LogP) is -0.873. The fourth-order valence-electron chi connectivity index (χ4n) is 0.583. The Kier molecular flexibility index (Phi) is 1.22. The number of aliphatic carboxylic acids is 1. The highest BCUT2D eigenvalue weighted by molar-refractivity contribution is 6.03. The van der Waals surface area contributed by atoms with Crippen LogP contribution < -0.4 is 5.32 Å². The van der Waals surface area contributed by atoms with E-state index in [0.717, 1.165) is 6.08 Å². The normalized spacial score (nSPS) is 16.9. The summed E-state index contributed by atoms with van der Waals surface area (Å²) < 4.78 is 0. The minimum atomic E-state index is -1.08. The van der Waals surface area contributed by atoms with E-state index in [1.54, 1.807) is 0 Å². The van der Waals surface area contributed by atoms with Crippen LogP contribution in [0.5, 0.6) is 0 Å². The topological polar surface area (TPSA) is 66.4 Å². The predicted molar refractivity (Wildman–Crippen MR) is 28.7 cm³/mol. The van der Waals surface area contributed by atoms with Gasteiger partial charge >= 0.3 is 5.97 Å². The minimum absolute atomic E-state index is 0.0139. The third kappa shape index (κ3) is 1.07. The summed E-state index contributed by atoms with van der Waals surface area (Å²) in [4.78, 5) is 20.4. The molecule has 0 aromatic heterocycles. The highest BCUT2D eigenvalue weighted by atomic mass is 16.4. The van der Waals surface area contributed by atoms with E-state index in [1.165, 1.54) is 0 Å². The molecule has 0 amide bonds. The van der Waals surface area contributed by atoms with Crippen LogP contribution >= 0.6 is 0 Å². The van der Waals surface area contributed by atoms with Gasteiger partial charge in [0, 0.05) is 6.08 Å². The lowest BCUT2D eigenvalue weighted by molar-refractivity contribution is -0.133. The Morgan fingerprint density at radius 2 is 2.44 bits per heavy atom. The lowest BCUT2D eigenvalue weighted by Crippen LogP contribution is -2.16. The van der Waals surface area contributed by atoms with E-state index in [4.69, 9.17) is 5.11 Å². The molecule has 0 unspecified atom stereocenters. The Hall–Kier alpha value is -1.32. The number of carboxylic acid groups (broad SMARTS) is 1. The van der Waals surface area contributed by atoms with Crippen molar-refractivity contribution in [3.63, 3.8) is 0 Å². The second kappa shape index (κ2) is 1.89. The fourth-order valence-corrected chi connectivity index (χ4v) is 0.583. The molecule has 2 N–H and O–H groups in total. The first-order valence-electron chi connectivity index (χ1n) is 2.42. The van der Waals surface area contributed by atoms with E-state index in [0.29, 0.717) is 0 Å². The number of carbonyl (C=O) groups is 2. The number of hydrogen-bond donors (Lipinski definition) is 2. The first-order chi connectivity index (χ1) is 4.20. The highest BCUT2D eigenvalue weighted by Crippen LogP contribution is 1.96. The van der Waals surface area contributed by atoms with Crippen LogP contribution in [-0.2, 0) is 9.59 Å². The molecule has 0 atom stereocenters. The molecule has 0 fully saturated rings. The molecule has 4 heteroatoms. The molecule has 1 aliphatic heterocycles. The Balaban J connectivity index is 2.74. The van der Waals surface area contributed by atoms with Gasteiger partial charge in [-0.3, -0.25) is 4.79 Å². The zero-order valence-electron chi connectivity index (χ0n) is 4.55. The SMILES string of the molecule is O=C1C=C(C(=O)O)NC1. The van der Waals surface area contributed by atoms with Crippen LogP contribution in [0.15, 0.2) is 11.8 Å². The molecule has 0 saturated heterocycles. The Morgan fingerprint density at radius 1 is 1.78 bits per heavy atom. The van der Waals surface area contributed by atoms with Crippen molar-refractivity contribution in [3.05, 3.63) is 11.8 Å². The molecule has 4 nitrogen and oxygen atoms in total. The van der Waals surface area contributed by atoms with Gasteiger partial charge in [0.2, 0.25) is 0 Å². The number of rotatable bonds is 1. The summed E-state index contributed by atoms with van der Waals surface area (Å²) >= 11 is 0. The van der Waals surface area contributed by atoms with Gasteiger partial charge in [0.05, 0.1) is 6.54 Å². The molecule has 1 heterocycles. The van der Waals surface area contributed by atoms with Crippen molar-refractivity contribution in [1.82, 2.24) is 5.32 Å². The quantitative estimate of drug-likeness (QED) is 0.480. The number of carboxylic acids is 1. The second-order valence-corrected chi connectivity index (χ2v) is 1.68. The molecule has 1 aliphatic rings. The third-order valence-electron chi connectivity index (χ3n) is 0.989. The lowest BCUT2D eigenvalue weighted by Gasteiger charge is -1.91.